The summed E-state index contributed by atoms with van der Waals surface area (Å²) < 4.78 is 6.61. The lowest BCUT2D eigenvalue weighted by Gasteiger charge is -2.12. The van der Waals surface area contributed by atoms with Crippen molar-refractivity contribution >= 4 is 23.2 Å². The number of pyridine rings is 1. The van der Waals surface area contributed by atoms with E-state index in [0.29, 0.717) is 22.2 Å². The highest BCUT2D eigenvalue weighted by Gasteiger charge is 2.23. The lowest BCUT2D eigenvalue weighted by molar-refractivity contribution is -0.116. The maximum absolute atomic E-state index is 12.4. The molecule has 3 aromatic rings. The Kier molecular flexibility index (Phi) is 5.14. The van der Waals surface area contributed by atoms with Gasteiger partial charge in [-0.2, -0.15) is 4.98 Å². The number of carbonyl (C=O) groups excluding carboxylic acids is 1. The van der Waals surface area contributed by atoms with E-state index in [4.69, 9.17) is 16.1 Å². The highest BCUT2D eigenvalue weighted by atomic mass is 35.5. The molecule has 3 rings (SSSR count). The minimum Gasteiger partial charge on any atom is -0.332 e. The summed E-state index contributed by atoms with van der Waals surface area (Å²) in [7, 11) is 0. The van der Waals surface area contributed by atoms with Gasteiger partial charge in [0.1, 0.15) is 12.2 Å². The van der Waals surface area contributed by atoms with Crippen molar-refractivity contribution in [3.63, 3.8) is 0 Å². The van der Waals surface area contributed by atoms with E-state index < -0.39 is 0 Å². The number of benzene rings is 1. The van der Waals surface area contributed by atoms with E-state index in [-0.39, 0.29) is 29.3 Å². The highest BCUT2D eigenvalue weighted by molar-refractivity contribution is 6.30. The molecule has 1 N–H and O–H groups in total. The Balaban J connectivity index is 1.89. The average Bonchev–Trinajstić information content (AvgIpc) is 3.07. The first-order valence-electron chi connectivity index (χ1n) is 8.34. The smallest absolute Gasteiger partial charge is 0.274 e. The molecule has 0 bridgehead atoms. The van der Waals surface area contributed by atoms with Crippen LogP contribution >= 0.6 is 11.6 Å². The molecule has 0 radical (unpaired) electrons. The number of halogens is 1. The fourth-order valence-electron chi connectivity index (χ4n) is 2.41. The summed E-state index contributed by atoms with van der Waals surface area (Å²) in [4.78, 5) is 29.1. The molecule has 0 spiro atoms. The minimum atomic E-state index is -0.373. The molecule has 0 atom stereocenters. The zero-order chi connectivity index (χ0) is 19.6. The van der Waals surface area contributed by atoms with Crippen LogP contribution in [0.25, 0.3) is 11.6 Å². The second-order valence-electron chi connectivity index (χ2n) is 7.07. The zero-order valence-electron chi connectivity index (χ0n) is 15.2. The van der Waals surface area contributed by atoms with Gasteiger partial charge in [0.15, 0.2) is 5.82 Å². The maximum atomic E-state index is 12.4. The molecular weight excluding hydrogens is 368 g/mol. The van der Waals surface area contributed by atoms with Gasteiger partial charge in [-0.25, -0.2) is 0 Å². The first-order valence-corrected chi connectivity index (χ1v) is 8.72. The van der Waals surface area contributed by atoms with Gasteiger partial charge in [0.25, 0.3) is 11.4 Å². The van der Waals surface area contributed by atoms with Gasteiger partial charge in [0, 0.05) is 22.2 Å². The van der Waals surface area contributed by atoms with E-state index in [1.807, 2.05) is 20.8 Å². The Bertz CT molecular complexity index is 1030. The van der Waals surface area contributed by atoms with Crippen LogP contribution in [0.4, 0.5) is 5.69 Å². The molecule has 2 heterocycles. The Hall–Kier alpha value is -2.93. The molecule has 0 unspecified atom stereocenters. The molecule has 0 saturated heterocycles. The van der Waals surface area contributed by atoms with Crippen molar-refractivity contribution in [1.82, 2.24) is 14.7 Å². The minimum absolute atomic E-state index is 0.188. The molecule has 0 saturated carbocycles. The van der Waals surface area contributed by atoms with Gasteiger partial charge in [-0.05, 0) is 24.3 Å². The molecule has 1 amide bonds. The molecule has 0 aliphatic carbocycles. The van der Waals surface area contributed by atoms with Crippen LogP contribution in [0.5, 0.6) is 0 Å². The lowest BCUT2D eigenvalue weighted by Crippen LogP contribution is -2.28. The van der Waals surface area contributed by atoms with Crippen LogP contribution in [0, 0.1) is 0 Å². The van der Waals surface area contributed by atoms with Gasteiger partial charge in [-0.1, -0.05) is 49.7 Å². The number of amides is 1. The van der Waals surface area contributed by atoms with Gasteiger partial charge in [0.2, 0.25) is 5.91 Å². The van der Waals surface area contributed by atoms with Gasteiger partial charge < -0.3 is 9.84 Å². The summed E-state index contributed by atoms with van der Waals surface area (Å²) in [6.45, 7) is 5.67. The van der Waals surface area contributed by atoms with Crippen LogP contribution in [0.2, 0.25) is 5.02 Å². The van der Waals surface area contributed by atoms with Crippen molar-refractivity contribution in [3.05, 3.63) is 63.7 Å². The van der Waals surface area contributed by atoms with Gasteiger partial charge >= 0.3 is 0 Å². The monoisotopic (exact) mass is 386 g/mol. The van der Waals surface area contributed by atoms with Crippen molar-refractivity contribution in [2.24, 2.45) is 0 Å². The third kappa shape index (κ3) is 4.43. The fourth-order valence-corrected chi connectivity index (χ4v) is 2.60. The van der Waals surface area contributed by atoms with Gasteiger partial charge in [-0.3, -0.25) is 14.2 Å². The molecule has 1 aromatic carbocycles. The first-order chi connectivity index (χ1) is 12.7. The number of hydrogen-bond donors (Lipinski definition) is 1. The van der Waals surface area contributed by atoms with Crippen molar-refractivity contribution in [3.8, 4) is 11.6 Å². The van der Waals surface area contributed by atoms with Crippen molar-refractivity contribution in [2.45, 2.75) is 32.7 Å². The van der Waals surface area contributed by atoms with Crippen molar-refractivity contribution in [2.75, 3.05) is 5.32 Å². The molecule has 7 nitrogen and oxygen atoms in total. The molecule has 0 aliphatic rings. The quantitative estimate of drug-likeness (QED) is 0.741. The van der Waals surface area contributed by atoms with Crippen LogP contribution < -0.4 is 10.9 Å². The van der Waals surface area contributed by atoms with E-state index >= 15 is 0 Å². The summed E-state index contributed by atoms with van der Waals surface area (Å²) in [5.41, 5.74) is 0.285. The Morgan fingerprint density at radius 3 is 2.63 bits per heavy atom. The summed E-state index contributed by atoms with van der Waals surface area (Å²) in [5.74, 6) is 0.333. The number of nitrogens with zero attached hydrogens (tertiary/aromatic N) is 3. The summed E-state index contributed by atoms with van der Waals surface area (Å²) >= 11 is 5.92. The third-order valence-electron chi connectivity index (χ3n) is 3.78. The Morgan fingerprint density at radius 2 is 1.96 bits per heavy atom. The summed E-state index contributed by atoms with van der Waals surface area (Å²) in [6.07, 6.45) is 0. The van der Waals surface area contributed by atoms with Crippen LogP contribution in [0.15, 0.2) is 51.8 Å². The average molecular weight is 387 g/mol. The number of hydrogen-bond acceptors (Lipinski definition) is 5. The van der Waals surface area contributed by atoms with E-state index in [1.54, 1.807) is 36.4 Å². The first kappa shape index (κ1) is 18.8. The summed E-state index contributed by atoms with van der Waals surface area (Å²) in [5, 5.41) is 7.20. The van der Waals surface area contributed by atoms with E-state index in [2.05, 4.69) is 15.5 Å². The van der Waals surface area contributed by atoms with Crippen molar-refractivity contribution in [1.29, 1.82) is 0 Å². The number of anilines is 1. The van der Waals surface area contributed by atoms with Gasteiger partial charge in [0.05, 0.1) is 0 Å². The summed E-state index contributed by atoms with van der Waals surface area (Å²) in [6, 6.07) is 11.4. The molecule has 140 valence electrons. The zero-order valence-corrected chi connectivity index (χ0v) is 15.9. The van der Waals surface area contributed by atoms with Gasteiger partial charge in [-0.15, -0.1) is 0 Å². The Labute approximate surface area is 161 Å². The lowest BCUT2D eigenvalue weighted by atomic mass is 9.96. The van der Waals surface area contributed by atoms with Crippen LogP contribution in [0.1, 0.15) is 26.6 Å². The predicted molar refractivity (Wildman–Crippen MR) is 103 cm³/mol. The maximum Gasteiger partial charge on any atom is 0.274 e. The van der Waals surface area contributed by atoms with E-state index in [9.17, 15) is 9.59 Å². The Morgan fingerprint density at radius 1 is 1.22 bits per heavy atom. The number of aromatic nitrogens is 3. The predicted octanol–water partition coefficient (Wildman–Crippen LogP) is 3.49. The molecule has 8 heteroatoms. The number of nitrogens with one attached hydrogen (secondary N) is 1. The van der Waals surface area contributed by atoms with E-state index in [1.165, 1.54) is 10.6 Å². The third-order valence-corrected chi connectivity index (χ3v) is 4.01. The van der Waals surface area contributed by atoms with Crippen molar-refractivity contribution < 1.29 is 9.32 Å². The van der Waals surface area contributed by atoms with Crippen LogP contribution in [-0.4, -0.2) is 20.6 Å². The molecule has 0 fully saturated rings. The second-order valence-corrected chi connectivity index (χ2v) is 7.50. The largest absolute Gasteiger partial charge is 0.332 e. The standard InChI is InChI=1S/C19H19ClN4O3/c1-19(2,3)18-22-17(27-23-18)14-8-5-9-16(26)24(14)11-15(25)21-13-7-4-6-12(20)10-13/h4-10H,11H2,1-3H3,(H,21,25). The molecule has 27 heavy (non-hydrogen) atoms. The topological polar surface area (TPSA) is 90.0 Å². The highest BCUT2D eigenvalue weighted by Crippen LogP contribution is 2.23. The van der Waals surface area contributed by atoms with E-state index in [0.717, 1.165) is 0 Å². The fraction of sp³-hybridized carbons (Fsp3) is 0.263. The SMILES string of the molecule is CC(C)(C)c1noc(-c2cccc(=O)n2CC(=O)Nc2cccc(Cl)c2)n1. The molecule has 2 aromatic heterocycles. The molecule has 0 aliphatic heterocycles. The number of carbonyl (C=O) groups is 1. The van der Waals surface area contributed by atoms with Crippen LogP contribution in [-0.2, 0) is 16.8 Å². The number of rotatable bonds is 4. The molecular formula is C19H19ClN4O3. The van der Waals surface area contributed by atoms with Crippen LogP contribution in [0.3, 0.4) is 0 Å². The second kappa shape index (κ2) is 7.36. The normalized spacial score (nSPS) is 11.4.